The van der Waals surface area contributed by atoms with E-state index in [1.807, 2.05) is 0 Å². The highest BCUT2D eigenvalue weighted by Gasteiger charge is 2.51. The lowest BCUT2D eigenvalue weighted by molar-refractivity contribution is -0.644. The fourth-order valence-electron chi connectivity index (χ4n) is 5.05. The Hall–Kier alpha value is -0.570. The molecule has 0 aromatic rings. The van der Waals surface area contributed by atoms with Crippen LogP contribution in [0.1, 0.15) is 51.9 Å². The van der Waals surface area contributed by atoms with Gasteiger partial charge in [-0.15, -0.1) is 0 Å². The van der Waals surface area contributed by atoms with Crippen LogP contribution in [0.5, 0.6) is 0 Å². The Bertz CT molecular complexity index is 291. The number of hydrogen-bond donors (Lipinski definition) is 2. The zero-order valence-corrected chi connectivity index (χ0v) is 11.6. The number of quaternary nitrogens is 1. The first kappa shape index (κ1) is 12.5. The lowest BCUT2D eigenvalue weighted by Gasteiger charge is -2.56. The van der Waals surface area contributed by atoms with Crippen LogP contribution < -0.4 is 10.6 Å². The molecule has 18 heavy (non-hydrogen) atoms. The molecule has 3 heteroatoms. The third-order valence-corrected chi connectivity index (χ3v) is 5.27. The minimum absolute atomic E-state index is 0.200. The van der Waals surface area contributed by atoms with Crippen molar-refractivity contribution in [2.45, 2.75) is 57.4 Å². The summed E-state index contributed by atoms with van der Waals surface area (Å²) in [6, 6.07) is 0. The molecule has 0 aliphatic heterocycles. The molecule has 3 nitrogen and oxygen atoms in total. The predicted octanol–water partition coefficient (Wildman–Crippen LogP) is 1.04. The molecule has 0 saturated heterocycles. The molecule has 4 bridgehead atoms. The zero-order chi connectivity index (χ0) is 12.6. The molecule has 3 N–H and O–H groups in total. The van der Waals surface area contributed by atoms with E-state index in [0.29, 0.717) is 6.54 Å². The fraction of sp³-hybridized carbons (Fsp3) is 0.933. The lowest BCUT2D eigenvalue weighted by Crippen LogP contribution is -2.87. The van der Waals surface area contributed by atoms with Crippen molar-refractivity contribution in [3.8, 4) is 0 Å². The molecule has 4 saturated carbocycles. The van der Waals surface area contributed by atoms with Crippen molar-refractivity contribution < 1.29 is 10.1 Å². The lowest BCUT2D eigenvalue weighted by atomic mass is 9.53. The van der Waals surface area contributed by atoms with Crippen LogP contribution in [0.2, 0.25) is 0 Å². The second-order valence-corrected chi connectivity index (χ2v) is 7.03. The monoisotopic (exact) mass is 251 g/mol. The van der Waals surface area contributed by atoms with E-state index in [4.69, 9.17) is 0 Å². The number of carbonyl (C=O) groups excluding carboxylic acids is 1. The molecule has 0 heterocycles. The minimum atomic E-state index is 0.200. The Kier molecular flexibility index (Phi) is 3.35. The van der Waals surface area contributed by atoms with Gasteiger partial charge in [-0.25, -0.2) is 0 Å². The van der Waals surface area contributed by atoms with E-state index in [0.717, 1.165) is 30.7 Å². The SMILES string of the molecule is CCC[NH2+]CC(=O)NC12CC3CC(CC(C3)C1)C2. The van der Waals surface area contributed by atoms with Gasteiger partial charge in [-0.05, 0) is 62.7 Å². The first-order valence-electron chi connectivity index (χ1n) is 7.82. The fourth-order valence-corrected chi connectivity index (χ4v) is 5.05. The average Bonchev–Trinajstić information content (AvgIpc) is 2.26. The molecule has 4 aliphatic carbocycles. The predicted molar refractivity (Wildman–Crippen MR) is 71.0 cm³/mol. The maximum absolute atomic E-state index is 12.1. The first-order valence-corrected chi connectivity index (χ1v) is 7.82. The minimum Gasteiger partial charge on any atom is -0.346 e. The highest BCUT2D eigenvalue weighted by molar-refractivity contribution is 5.77. The van der Waals surface area contributed by atoms with Crippen molar-refractivity contribution in [1.82, 2.24) is 5.32 Å². The van der Waals surface area contributed by atoms with Gasteiger partial charge in [0.05, 0.1) is 6.54 Å². The molecule has 0 radical (unpaired) electrons. The summed E-state index contributed by atoms with van der Waals surface area (Å²) in [5, 5.41) is 5.55. The largest absolute Gasteiger partial charge is 0.346 e. The number of carbonyl (C=O) groups is 1. The molecular formula is C15H27N2O+. The number of amides is 1. The molecule has 4 fully saturated rings. The molecule has 0 unspecified atom stereocenters. The van der Waals surface area contributed by atoms with Gasteiger partial charge in [-0.3, -0.25) is 4.79 Å². The van der Waals surface area contributed by atoms with Crippen molar-refractivity contribution >= 4 is 5.91 Å². The van der Waals surface area contributed by atoms with Gasteiger partial charge in [0.15, 0.2) is 6.54 Å². The third-order valence-electron chi connectivity index (χ3n) is 5.27. The molecule has 4 aliphatic rings. The standard InChI is InChI=1S/C15H26N2O/c1-2-3-16-10-14(18)17-15-7-11-4-12(8-15)6-13(5-11)9-15/h11-13,16H,2-10H2,1H3,(H,17,18)/p+1. The molecule has 0 atom stereocenters. The van der Waals surface area contributed by atoms with Crippen LogP contribution in [0, 0.1) is 17.8 Å². The maximum Gasteiger partial charge on any atom is 0.275 e. The van der Waals surface area contributed by atoms with Crippen LogP contribution in [-0.4, -0.2) is 24.5 Å². The number of nitrogens with two attached hydrogens (primary N) is 1. The van der Waals surface area contributed by atoms with E-state index in [-0.39, 0.29) is 11.4 Å². The summed E-state index contributed by atoms with van der Waals surface area (Å²) in [4.78, 5) is 12.1. The van der Waals surface area contributed by atoms with Gasteiger partial charge < -0.3 is 10.6 Å². The Morgan fingerprint density at radius 3 is 2.22 bits per heavy atom. The van der Waals surface area contributed by atoms with Crippen molar-refractivity contribution in [3.05, 3.63) is 0 Å². The van der Waals surface area contributed by atoms with Crippen LogP contribution in [0.3, 0.4) is 0 Å². The van der Waals surface area contributed by atoms with E-state index < -0.39 is 0 Å². The second kappa shape index (κ2) is 4.84. The van der Waals surface area contributed by atoms with Crippen molar-refractivity contribution in [3.63, 3.8) is 0 Å². The summed E-state index contributed by atoms with van der Waals surface area (Å²) in [5.74, 6) is 3.01. The van der Waals surface area contributed by atoms with Crippen LogP contribution in [-0.2, 0) is 4.79 Å². The third kappa shape index (κ3) is 2.42. The molecule has 1 amide bonds. The van der Waals surface area contributed by atoms with Gasteiger partial charge in [0.25, 0.3) is 5.91 Å². The summed E-state index contributed by atoms with van der Waals surface area (Å²) in [6.07, 6.45) is 9.26. The normalized spacial score (nSPS) is 41.1. The van der Waals surface area contributed by atoms with Crippen LogP contribution >= 0.6 is 0 Å². The Morgan fingerprint density at radius 2 is 1.72 bits per heavy atom. The summed E-state index contributed by atoms with van der Waals surface area (Å²) < 4.78 is 0. The maximum atomic E-state index is 12.1. The topological polar surface area (TPSA) is 45.7 Å². The average molecular weight is 251 g/mol. The van der Waals surface area contributed by atoms with Crippen LogP contribution in [0.25, 0.3) is 0 Å². The molecule has 4 rings (SSSR count). The smallest absolute Gasteiger partial charge is 0.275 e. The molecule has 0 aromatic heterocycles. The second-order valence-electron chi connectivity index (χ2n) is 7.03. The van der Waals surface area contributed by atoms with Gasteiger partial charge in [-0.1, -0.05) is 6.92 Å². The highest BCUT2D eigenvalue weighted by atomic mass is 16.2. The van der Waals surface area contributed by atoms with Crippen molar-refractivity contribution in [1.29, 1.82) is 0 Å². The first-order chi connectivity index (χ1) is 8.69. The number of rotatable bonds is 5. The summed E-state index contributed by atoms with van der Waals surface area (Å²) in [5.41, 5.74) is 0.200. The Labute approximate surface area is 110 Å². The number of hydrogen-bond acceptors (Lipinski definition) is 1. The molecule has 0 aromatic carbocycles. The van der Waals surface area contributed by atoms with Gasteiger partial charge >= 0.3 is 0 Å². The Balaban J connectivity index is 1.57. The molecular weight excluding hydrogens is 224 g/mol. The highest BCUT2D eigenvalue weighted by Crippen LogP contribution is 2.55. The van der Waals surface area contributed by atoms with Gasteiger partial charge in [0.2, 0.25) is 0 Å². The summed E-state index contributed by atoms with van der Waals surface area (Å²) in [7, 11) is 0. The van der Waals surface area contributed by atoms with E-state index in [2.05, 4.69) is 17.6 Å². The summed E-state index contributed by atoms with van der Waals surface area (Å²) >= 11 is 0. The van der Waals surface area contributed by atoms with E-state index in [1.54, 1.807) is 0 Å². The van der Waals surface area contributed by atoms with E-state index in [1.165, 1.54) is 38.5 Å². The van der Waals surface area contributed by atoms with E-state index in [9.17, 15) is 4.79 Å². The molecule has 102 valence electrons. The van der Waals surface area contributed by atoms with Crippen molar-refractivity contribution in [2.75, 3.05) is 13.1 Å². The van der Waals surface area contributed by atoms with Gasteiger partial charge in [0.1, 0.15) is 0 Å². The van der Waals surface area contributed by atoms with Gasteiger partial charge in [-0.2, -0.15) is 0 Å². The number of nitrogens with one attached hydrogen (secondary N) is 1. The van der Waals surface area contributed by atoms with Crippen LogP contribution in [0.15, 0.2) is 0 Å². The quantitative estimate of drug-likeness (QED) is 0.705. The van der Waals surface area contributed by atoms with E-state index >= 15 is 0 Å². The van der Waals surface area contributed by atoms with Gasteiger partial charge in [0, 0.05) is 5.54 Å². The van der Waals surface area contributed by atoms with Crippen molar-refractivity contribution in [2.24, 2.45) is 17.8 Å². The molecule has 0 spiro atoms. The van der Waals surface area contributed by atoms with Crippen LogP contribution in [0.4, 0.5) is 0 Å². The summed E-state index contributed by atoms with van der Waals surface area (Å²) in [6.45, 7) is 3.84. The Morgan fingerprint density at radius 1 is 1.17 bits per heavy atom. The zero-order valence-electron chi connectivity index (χ0n) is 11.6.